The van der Waals surface area contributed by atoms with Crippen LogP contribution in [0.4, 0.5) is 0 Å². The second kappa shape index (κ2) is 5.16. The minimum Gasteiger partial charge on any atom is -0.421 e. The smallest absolute Gasteiger partial charge is 0.249 e. The van der Waals surface area contributed by atoms with E-state index in [0.717, 1.165) is 29.4 Å². The predicted octanol–water partition coefficient (Wildman–Crippen LogP) is 2.05. The largest absolute Gasteiger partial charge is 0.421 e. The van der Waals surface area contributed by atoms with E-state index in [0.29, 0.717) is 11.8 Å². The number of fused-ring (bicyclic) bond motifs is 1. The maximum Gasteiger partial charge on any atom is 0.249 e. The van der Waals surface area contributed by atoms with Gasteiger partial charge in [-0.25, -0.2) is 0 Å². The van der Waals surface area contributed by atoms with Crippen molar-refractivity contribution < 1.29 is 4.42 Å². The maximum absolute atomic E-state index is 5.68. The van der Waals surface area contributed by atoms with Gasteiger partial charge in [0, 0.05) is 24.5 Å². The highest BCUT2D eigenvalue weighted by atomic mass is 16.4. The molecule has 5 heteroatoms. The van der Waals surface area contributed by atoms with Crippen molar-refractivity contribution in [2.45, 2.75) is 6.42 Å². The molecule has 1 N–H and O–H groups in total. The molecule has 2 aromatic heterocycles. The maximum atomic E-state index is 5.68. The molecular formula is C14H14N4O. The number of rotatable bonds is 4. The number of hydrogen-bond donors (Lipinski definition) is 1. The molecule has 0 saturated heterocycles. The van der Waals surface area contributed by atoms with Gasteiger partial charge in [0.05, 0.1) is 11.1 Å². The van der Waals surface area contributed by atoms with Crippen LogP contribution in [-0.4, -0.2) is 28.8 Å². The molecule has 0 bridgehead atoms. The number of nitrogens with one attached hydrogen (secondary N) is 1. The molecule has 0 aliphatic heterocycles. The van der Waals surface area contributed by atoms with Gasteiger partial charge in [0.2, 0.25) is 11.8 Å². The third-order valence-electron chi connectivity index (χ3n) is 2.92. The average molecular weight is 254 g/mol. The number of para-hydroxylation sites is 1. The Morgan fingerprint density at radius 3 is 2.95 bits per heavy atom. The standard InChI is InChI=1S/C14H14N4O/c1-15-9-7-12-17-18-14(19-12)11-6-2-4-10-5-3-8-16-13(10)11/h2-6,8,15H,7,9H2,1H3. The summed E-state index contributed by atoms with van der Waals surface area (Å²) in [5, 5.41) is 12.3. The van der Waals surface area contributed by atoms with Crippen LogP contribution in [0.15, 0.2) is 40.9 Å². The number of likely N-dealkylation sites (N-methyl/N-ethyl adjacent to an activating group) is 1. The molecule has 0 fully saturated rings. The molecule has 19 heavy (non-hydrogen) atoms. The molecular weight excluding hydrogens is 240 g/mol. The molecule has 0 radical (unpaired) electrons. The van der Waals surface area contributed by atoms with Gasteiger partial charge in [-0.05, 0) is 19.2 Å². The van der Waals surface area contributed by atoms with Crippen molar-refractivity contribution in [3.63, 3.8) is 0 Å². The van der Waals surface area contributed by atoms with Gasteiger partial charge in [0.15, 0.2) is 0 Å². The highest BCUT2D eigenvalue weighted by molar-refractivity contribution is 5.91. The molecule has 0 amide bonds. The Morgan fingerprint density at radius 1 is 1.16 bits per heavy atom. The molecule has 3 rings (SSSR count). The Bertz CT molecular complexity index is 687. The zero-order chi connectivity index (χ0) is 13.1. The van der Waals surface area contributed by atoms with Crippen LogP contribution in [0.3, 0.4) is 0 Å². The lowest BCUT2D eigenvalue weighted by Gasteiger charge is -2.00. The second-order valence-corrected chi connectivity index (χ2v) is 4.24. The van der Waals surface area contributed by atoms with E-state index in [9.17, 15) is 0 Å². The summed E-state index contributed by atoms with van der Waals surface area (Å²) >= 11 is 0. The van der Waals surface area contributed by atoms with Crippen molar-refractivity contribution in [3.05, 3.63) is 42.4 Å². The summed E-state index contributed by atoms with van der Waals surface area (Å²) in [5.74, 6) is 1.16. The Labute approximate surface area is 110 Å². The molecule has 96 valence electrons. The molecule has 0 atom stereocenters. The van der Waals surface area contributed by atoms with Crippen LogP contribution in [0.25, 0.3) is 22.4 Å². The van der Waals surface area contributed by atoms with E-state index in [1.165, 1.54) is 0 Å². The highest BCUT2D eigenvalue weighted by Crippen LogP contribution is 2.25. The summed E-state index contributed by atoms with van der Waals surface area (Å²) < 4.78 is 5.68. The Balaban J connectivity index is 2.02. The van der Waals surface area contributed by atoms with Crippen LogP contribution in [0.1, 0.15) is 5.89 Å². The summed E-state index contributed by atoms with van der Waals surface area (Å²) in [6, 6.07) is 9.87. The second-order valence-electron chi connectivity index (χ2n) is 4.24. The fourth-order valence-electron chi connectivity index (χ4n) is 1.97. The fourth-order valence-corrected chi connectivity index (χ4v) is 1.97. The van der Waals surface area contributed by atoms with Crippen LogP contribution in [0.2, 0.25) is 0 Å². The van der Waals surface area contributed by atoms with Gasteiger partial charge in [0.1, 0.15) is 0 Å². The lowest BCUT2D eigenvalue weighted by Crippen LogP contribution is -2.10. The zero-order valence-corrected chi connectivity index (χ0v) is 10.6. The minimum absolute atomic E-state index is 0.524. The van der Waals surface area contributed by atoms with E-state index < -0.39 is 0 Å². The van der Waals surface area contributed by atoms with Gasteiger partial charge >= 0.3 is 0 Å². The van der Waals surface area contributed by atoms with Gasteiger partial charge in [-0.2, -0.15) is 0 Å². The van der Waals surface area contributed by atoms with Crippen LogP contribution < -0.4 is 5.32 Å². The fraction of sp³-hybridized carbons (Fsp3) is 0.214. The normalized spacial score (nSPS) is 11.0. The summed E-state index contributed by atoms with van der Waals surface area (Å²) in [4.78, 5) is 4.39. The third-order valence-corrected chi connectivity index (χ3v) is 2.92. The van der Waals surface area contributed by atoms with Crippen LogP contribution >= 0.6 is 0 Å². The number of benzene rings is 1. The van der Waals surface area contributed by atoms with Crippen molar-refractivity contribution >= 4 is 10.9 Å². The van der Waals surface area contributed by atoms with E-state index in [4.69, 9.17) is 4.42 Å². The molecule has 1 aromatic carbocycles. The first kappa shape index (κ1) is 11.8. The van der Waals surface area contributed by atoms with Gasteiger partial charge in [-0.1, -0.05) is 18.2 Å². The summed E-state index contributed by atoms with van der Waals surface area (Å²) in [7, 11) is 1.89. The lowest BCUT2D eigenvalue weighted by molar-refractivity contribution is 0.500. The quantitative estimate of drug-likeness (QED) is 0.772. The molecule has 0 aliphatic carbocycles. The number of pyridine rings is 1. The lowest BCUT2D eigenvalue weighted by atomic mass is 10.1. The number of nitrogens with zero attached hydrogens (tertiary/aromatic N) is 3. The minimum atomic E-state index is 0.524. The highest BCUT2D eigenvalue weighted by Gasteiger charge is 2.11. The van der Waals surface area contributed by atoms with Crippen LogP contribution in [0, 0.1) is 0 Å². The molecule has 3 aromatic rings. The summed E-state index contributed by atoms with van der Waals surface area (Å²) in [6.45, 7) is 0.815. The number of hydrogen-bond acceptors (Lipinski definition) is 5. The van der Waals surface area contributed by atoms with E-state index in [2.05, 4.69) is 20.5 Å². The van der Waals surface area contributed by atoms with Gasteiger partial charge < -0.3 is 9.73 Å². The first-order valence-electron chi connectivity index (χ1n) is 6.19. The van der Waals surface area contributed by atoms with Gasteiger partial charge in [-0.3, -0.25) is 4.98 Å². The third kappa shape index (κ3) is 2.32. The summed E-state index contributed by atoms with van der Waals surface area (Å²) in [6.07, 6.45) is 2.49. The van der Waals surface area contributed by atoms with Crippen molar-refractivity contribution in [3.8, 4) is 11.5 Å². The molecule has 0 saturated carbocycles. The Hall–Kier alpha value is -2.27. The van der Waals surface area contributed by atoms with Crippen molar-refractivity contribution in [2.75, 3.05) is 13.6 Å². The summed E-state index contributed by atoms with van der Waals surface area (Å²) in [5.41, 5.74) is 1.76. The molecule has 5 nitrogen and oxygen atoms in total. The van der Waals surface area contributed by atoms with Crippen molar-refractivity contribution in [1.29, 1.82) is 0 Å². The van der Waals surface area contributed by atoms with Gasteiger partial charge in [-0.15, -0.1) is 10.2 Å². The number of aromatic nitrogens is 3. The van der Waals surface area contributed by atoms with E-state index in [1.54, 1.807) is 6.20 Å². The first-order valence-corrected chi connectivity index (χ1v) is 6.19. The van der Waals surface area contributed by atoms with Crippen LogP contribution in [0.5, 0.6) is 0 Å². The SMILES string of the molecule is CNCCc1nnc(-c2cccc3cccnc23)o1. The van der Waals surface area contributed by atoms with Gasteiger partial charge in [0.25, 0.3) is 0 Å². The molecule has 0 spiro atoms. The van der Waals surface area contributed by atoms with Crippen molar-refractivity contribution in [2.24, 2.45) is 0 Å². The molecule has 2 heterocycles. The molecule has 0 aliphatic rings. The van der Waals surface area contributed by atoms with E-state index >= 15 is 0 Å². The average Bonchev–Trinajstić information content (AvgIpc) is 2.93. The monoisotopic (exact) mass is 254 g/mol. The van der Waals surface area contributed by atoms with E-state index in [1.807, 2.05) is 37.4 Å². The van der Waals surface area contributed by atoms with Crippen LogP contribution in [-0.2, 0) is 6.42 Å². The molecule has 0 unspecified atom stereocenters. The Kier molecular flexibility index (Phi) is 3.20. The van der Waals surface area contributed by atoms with E-state index in [-0.39, 0.29) is 0 Å². The van der Waals surface area contributed by atoms with Crippen molar-refractivity contribution in [1.82, 2.24) is 20.5 Å². The Morgan fingerprint density at radius 2 is 2.05 bits per heavy atom. The predicted molar refractivity (Wildman–Crippen MR) is 72.7 cm³/mol. The first-order chi connectivity index (χ1) is 9.38. The zero-order valence-electron chi connectivity index (χ0n) is 10.6. The topological polar surface area (TPSA) is 63.8 Å².